The maximum Gasteiger partial charge on any atom is 0.228 e. The molecule has 2 aliphatic heterocycles. The smallest absolute Gasteiger partial charge is 0.228 e. The maximum atomic E-state index is 12.5. The van der Waals surface area contributed by atoms with E-state index in [4.69, 9.17) is 4.74 Å². The topological polar surface area (TPSA) is 41.6 Å². The van der Waals surface area contributed by atoms with Gasteiger partial charge in [-0.25, -0.2) is 0 Å². The minimum atomic E-state index is 0.0804. The molecule has 0 saturated carbocycles. The third-order valence-electron chi connectivity index (χ3n) is 4.03. The molecule has 4 heteroatoms. The lowest BCUT2D eigenvalue weighted by Crippen LogP contribution is -2.51. The van der Waals surface area contributed by atoms with Gasteiger partial charge in [0.1, 0.15) is 0 Å². The maximum absolute atomic E-state index is 12.5. The van der Waals surface area contributed by atoms with Crippen LogP contribution in [0.1, 0.15) is 33.1 Å². The zero-order chi connectivity index (χ0) is 12.3. The molecule has 0 spiro atoms. The molecule has 0 aromatic rings. The molecule has 2 saturated heterocycles. The van der Waals surface area contributed by atoms with Crippen LogP contribution in [0.25, 0.3) is 0 Å². The molecular weight excluding hydrogens is 216 g/mol. The van der Waals surface area contributed by atoms with Crippen molar-refractivity contribution in [1.29, 1.82) is 0 Å². The summed E-state index contributed by atoms with van der Waals surface area (Å²) in [6, 6.07) is 0.383. The SMILES string of the molecule is CCN(C(=O)C1CCOC1C)C1CCCNC1. The van der Waals surface area contributed by atoms with Crippen molar-refractivity contribution in [3.63, 3.8) is 0 Å². The molecule has 0 radical (unpaired) electrons. The van der Waals surface area contributed by atoms with E-state index < -0.39 is 0 Å². The number of hydrogen-bond acceptors (Lipinski definition) is 3. The number of likely N-dealkylation sites (N-methyl/N-ethyl adjacent to an activating group) is 1. The van der Waals surface area contributed by atoms with Crippen LogP contribution in [-0.2, 0) is 9.53 Å². The molecule has 3 atom stereocenters. The number of hydrogen-bond donors (Lipinski definition) is 1. The molecule has 2 heterocycles. The monoisotopic (exact) mass is 240 g/mol. The van der Waals surface area contributed by atoms with Crippen LogP contribution in [-0.4, -0.2) is 49.2 Å². The summed E-state index contributed by atoms with van der Waals surface area (Å²) >= 11 is 0. The first-order valence-electron chi connectivity index (χ1n) is 6.86. The van der Waals surface area contributed by atoms with Crippen LogP contribution in [0, 0.1) is 5.92 Å². The van der Waals surface area contributed by atoms with Gasteiger partial charge in [-0.3, -0.25) is 4.79 Å². The average Bonchev–Trinajstić information content (AvgIpc) is 2.77. The number of nitrogens with one attached hydrogen (secondary N) is 1. The van der Waals surface area contributed by atoms with Crippen molar-refractivity contribution in [2.24, 2.45) is 5.92 Å². The predicted octanol–water partition coefficient (Wildman–Crippen LogP) is 1.01. The lowest BCUT2D eigenvalue weighted by molar-refractivity contribution is -0.139. The number of rotatable bonds is 3. The lowest BCUT2D eigenvalue weighted by atomic mass is 9.98. The van der Waals surface area contributed by atoms with Crippen molar-refractivity contribution in [1.82, 2.24) is 10.2 Å². The molecule has 2 fully saturated rings. The quantitative estimate of drug-likeness (QED) is 0.800. The van der Waals surface area contributed by atoms with Crippen molar-refractivity contribution < 1.29 is 9.53 Å². The molecule has 98 valence electrons. The Kier molecular flexibility index (Phi) is 4.40. The highest BCUT2D eigenvalue weighted by Crippen LogP contribution is 2.24. The number of carbonyl (C=O) groups is 1. The first-order chi connectivity index (χ1) is 8.24. The molecule has 4 nitrogen and oxygen atoms in total. The largest absolute Gasteiger partial charge is 0.378 e. The van der Waals surface area contributed by atoms with Gasteiger partial charge in [0.2, 0.25) is 5.91 Å². The second kappa shape index (κ2) is 5.83. The average molecular weight is 240 g/mol. The third-order valence-corrected chi connectivity index (χ3v) is 4.03. The van der Waals surface area contributed by atoms with E-state index in [2.05, 4.69) is 17.1 Å². The molecule has 0 aliphatic carbocycles. The predicted molar refractivity (Wildman–Crippen MR) is 66.8 cm³/mol. The zero-order valence-electron chi connectivity index (χ0n) is 10.9. The summed E-state index contributed by atoms with van der Waals surface area (Å²) in [7, 11) is 0. The van der Waals surface area contributed by atoms with Gasteiger partial charge in [-0.15, -0.1) is 0 Å². The van der Waals surface area contributed by atoms with Gasteiger partial charge in [-0.2, -0.15) is 0 Å². The molecule has 0 aromatic heterocycles. The van der Waals surface area contributed by atoms with Crippen molar-refractivity contribution in [3.8, 4) is 0 Å². The van der Waals surface area contributed by atoms with Crippen LogP contribution in [0.15, 0.2) is 0 Å². The van der Waals surface area contributed by atoms with E-state index in [0.29, 0.717) is 11.9 Å². The lowest BCUT2D eigenvalue weighted by Gasteiger charge is -2.36. The number of amides is 1. The van der Waals surface area contributed by atoms with Gasteiger partial charge < -0.3 is 15.0 Å². The van der Waals surface area contributed by atoms with Gasteiger partial charge in [0.05, 0.1) is 12.0 Å². The normalized spacial score (nSPS) is 33.6. The number of nitrogens with zero attached hydrogens (tertiary/aromatic N) is 1. The fourth-order valence-corrected chi connectivity index (χ4v) is 2.96. The first-order valence-corrected chi connectivity index (χ1v) is 6.86. The van der Waals surface area contributed by atoms with Gasteiger partial charge in [-0.1, -0.05) is 0 Å². The van der Waals surface area contributed by atoms with Crippen LogP contribution in [0.4, 0.5) is 0 Å². The van der Waals surface area contributed by atoms with E-state index in [1.165, 1.54) is 6.42 Å². The zero-order valence-corrected chi connectivity index (χ0v) is 10.9. The first kappa shape index (κ1) is 12.8. The molecule has 17 heavy (non-hydrogen) atoms. The van der Waals surface area contributed by atoms with Crippen molar-refractivity contribution in [2.45, 2.75) is 45.3 Å². The van der Waals surface area contributed by atoms with Gasteiger partial charge >= 0.3 is 0 Å². The Morgan fingerprint density at radius 1 is 1.47 bits per heavy atom. The van der Waals surface area contributed by atoms with Gasteiger partial charge in [0, 0.05) is 25.7 Å². The van der Waals surface area contributed by atoms with Crippen molar-refractivity contribution >= 4 is 5.91 Å². The molecule has 2 aliphatic rings. The molecule has 0 aromatic carbocycles. The molecule has 0 bridgehead atoms. The Labute approximate surface area is 104 Å². The van der Waals surface area contributed by atoms with E-state index in [9.17, 15) is 4.79 Å². The van der Waals surface area contributed by atoms with E-state index in [1.54, 1.807) is 0 Å². The third kappa shape index (κ3) is 2.80. The minimum Gasteiger partial charge on any atom is -0.378 e. The van der Waals surface area contributed by atoms with Gasteiger partial charge in [0.25, 0.3) is 0 Å². The van der Waals surface area contributed by atoms with Crippen LogP contribution in [0.5, 0.6) is 0 Å². The van der Waals surface area contributed by atoms with E-state index >= 15 is 0 Å². The molecule has 1 amide bonds. The Morgan fingerprint density at radius 2 is 2.29 bits per heavy atom. The van der Waals surface area contributed by atoms with Crippen LogP contribution < -0.4 is 5.32 Å². The second-order valence-corrected chi connectivity index (χ2v) is 5.10. The van der Waals surface area contributed by atoms with E-state index in [1.807, 2.05) is 6.92 Å². The summed E-state index contributed by atoms with van der Waals surface area (Å²) < 4.78 is 5.51. The summed E-state index contributed by atoms with van der Waals surface area (Å²) in [5.74, 6) is 0.378. The fourth-order valence-electron chi connectivity index (χ4n) is 2.96. The number of ether oxygens (including phenoxy) is 1. The van der Waals surface area contributed by atoms with E-state index in [-0.39, 0.29) is 12.0 Å². The van der Waals surface area contributed by atoms with E-state index in [0.717, 1.165) is 39.1 Å². The van der Waals surface area contributed by atoms with Crippen LogP contribution >= 0.6 is 0 Å². The van der Waals surface area contributed by atoms with Gasteiger partial charge in [-0.05, 0) is 39.7 Å². The number of piperidine rings is 1. The summed E-state index contributed by atoms with van der Waals surface area (Å²) in [6.07, 6.45) is 3.28. The summed E-state index contributed by atoms with van der Waals surface area (Å²) in [6.45, 7) is 7.68. The standard InChI is InChI=1S/C13H24N2O2/c1-3-15(11-5-4-7-14-9-11)13(16)12-6-8-17-10(12)2/h10-12,14H,3-9H2,1-2H3. The molecule has 3 unspecified atom stereocenters. The Bertz CT molecular complexity index is 264. The van der Waals surface area contributed by atoms with Crippen LogP contribution in [0.2, 0.25) is 0 Å². The summed E-state index contributed by atoms with van der Waals surface area (Å²) in [5.41, 5.74) is 0. The number of carbonyl (C=O) groups excluding carboxylic acids is 1. The van der Waals surface area contributed by atoms with Crippen molar-refractivity contribution in [3.05, 3.63) is 0 Å². The minimum absolute atomic E-state index is 0.0804. The Balaban J connectivity index is 1.98. The highest BCUT2D eigenvalue weighted by Gasteiger charge is 2.35. The van der Waals surface area contributed by atoms with Crippen molar-refractivity contribution in [2.75, 3.05) is 26.2 Å². The summed E-state index contributed by atoms with van der Waals surface area (Å²) in [5, 5.41) is 3.38. The highest BCUT2D eigenvalue weighted by atomic mass is 16.5. The summed E-state index contributed by atoms with van der Waals surface area (Å²) in [4.78, 5) is 14.6. The highest BCUT2D eigenvalue weighted by molar-refractivity contribution is 5.80. The fraction of sp³-hybridized carbons (Fsp3) is 0.923. The molecular formula is C13H24N2O2. The Morgan fingerprint density at radius 3 is 2.82 bits per heavy atom. The molecule has 2 rings (SSSR count). The Hall–Kier alpha value is -0.610. The van der Waals surface area contributed by atoms with Gasteiger partial charge in [0.15, 0.2) is 0 Å². The molecule has 1 N–H and O–H groups in total. The van der Waals surface area contributed by atoms with Crippen LogP contribution in [0.3, 0.4) is 0 Å². The second-order valence-electron chi connectivity index (χ2n) is 5.10.